The molecular formula is C27H35N3O3. The first-order chi connectivity index (χ1) is 15.7. The van der Waals surface area contributed by atoms with E-state index in [0.717, 1.165) is 35.5 Å². The molecule has 33 heavy (non-hydrogen) atoms. The van der Waals surface area contributed by atoms with Crippen LogP contribution in [0.5, 0.6) is 0 Å². The van der Waals surface area contributed by atoms with Gasteiger partial charge in [-0.2, -0.15) is 0 Å². The number of amides is 1. The molecular weight excluding hydrogens is 414 g/mol. The van der Waals surface area contributed by atoms with Gasteiger partial charge in [0.1, 0.15) is 5.76 Å². The number of likely N-dealkylation sites (tertiary alicyclic amines) is 1. The number of rotatable bonds is 8. The molecule has 0 radical (unpaired) electrons. The van der Waals surface area contributed by atoms with Crippen molar-refractivity contribution in [2.75, 3.05) is 45.2 Å². The van der Waals surface area contributed by atoms with Crippen LogP contribution in [-0.2, 0) is 9.59 Å². The number of aryl methyl sites for hydroxylation is 2. The summed E-state index contributed by atoms with van der Waals surface area (Å²) in [5.41, 5.74) is 4.41. The Morgan fingerprint density at radius 2 is 1.64 bits per heavy atom. The fraction of sp³-hybridized carbons (Fsp3) is 0.407. The van der Waals surface area contributed by atoms with Crippen molar-refractivity contribution in [2.24, 2.45) is 0 Å². The van der Waals surface area contributed by atoms with Crippen LogP contribution in [0.25, 0.3) is 5.76 Å². The van der Waals surface area contributed by atoms with Crippen molar-refractivity contribution >= 4 is 23.1 Å². The van der Waals surface area contributed by atoms with Gasteiger partial charge in [-0.3, -0.25) is 9.59 Å². The van der Waals surface area contributed by atoms with Crippen LogP contribution >= 0.6 is 0 Å². The molecule has 6 nitrogen and oxygen atoms in total. The van der Waals surface area contributed by atoms with Crippen LogP contribution in [0.4, 0.5) is 5.69 Å². The molecule has 3 rings (SSSR count). The van der Waals surface area contributed by atoms with Gasteiger partial charge in [0.25, 0.3) is 11.7 Å². The van der Waals surface area contributed by atoms with Crippen molar-refractivity contribution in [3.8, 4) is 0 Å². The third-order valence-corrected chi connectivity index (χ3v) is 6.46. The van der Waals surface area contributed by atoms with Gasteiger partial charge in [-0.25, -0.2) is 0 Å². The van der Waals surface area contributed by atoms with Crippen LogP contribution in [0.1, 0.15) is 42.1 Å². The lowest BCUT2D eigenvalue weighted by Gasteiger charge is -2.28. The summed E-state index contributed by atoms with van der Waals surface area (Å²) in [6.07, 6.45) is 0. The van der Waals surface area contributed by atoms with Gasteiger partial charge in [0.2, 0.25) is 0 Å². The Morgan fingerprint density at radius 1 is 1.00 bits per heavy atom. The number of carbonyl (C=O) groups excluding carboxylic acids is 2. The molecule has 176 valence electrons. The van der Waals surface area contributed by atoms with Crippen LogP contribution in [0.2, 0.25) is 0 Å². The van der Waals surface area contributed by atoms with E-state index in [4.69, 9.17) is 0 Å². The van der Waals surface area contributed by atoms with E-state index in [1.165, 1.54) is 0 Å². The molecule has 1 heterocycles. The van der Waals surface area contributed by atoms with Crippen molar-refractivity contribution in [3.63, 3.8) is 0 Å². The summed E-state index contributed by atoms with van der Waals surface area (Å²) in [6, 6.07) is 12.9. The van der Waals surface area contributed by atoms with Gasteiger partial charge in [-0.15, -0.1) is 0 Å². The average Bonchev–Trinajstić information content (AvgIpc) is 3.05. The van der Waals surface area contributed by atoms with Gasteiger partial charge in [0.05, 0.1) is 11.6 Å². The molecule has 0 aromatic heterocycles. The number of ketones is 1. The molecule has 2 aromatic rings. The van der Waals surface area contributed by atoms with Crippen molar-refractivity contribution in [1.82, 2.24) is 9.80 Å². The fourth-order valence-electron chi connectivity index (χ4n) is 4.34. The average molecular weight is 450 g/mol. The molecule has 0 bridgehead atoms. The summed E-state index contributed by atoms with van der Waals surface area (Å²) < 4.78 is 0. The Kier molecular flexibility index (Phi) is 7.59. The zero-order valence-electron chi connectivity index (χ0n) is 20.6. The molecule has 1 atom stereocenters. The Balaban J connectivity index is 2.14. The van der Waals surface area contributed by atoms with E-state index < -0.39 is 17.7 Å². The molecule has 1 aliphatic heterocycles. The van der Waals surface area contributed by atoms with Gasteiger partial charge >= 0.3 is 0 Å². The third kappa shape index (κ3) is 4.96. The normalized spacial score (nSPS) is 17.8. The minimum absolute atomic E-state index is 0.110. The van der Waals surface area contributed by atoms with Gasteiger partial charge in [0.15, 0.2) is 0 Å². The highest BCUT2D eigenvalue weighted by Crippen LogP contribution is 2.40. The largest absolute Gasteiger partial charge is 0.507 e. The minimum Gasteiger partial charge on any atom is -0.507 e. The van der Waals surface area contributed by atoms with Crippen LogP contribution in [0.3, 0.4) is 0 Å². The Hall–Kier alpha value is -3.12. The summed E-state index contributed by atoms with van der Waals surface area (Å²) in [5, 5.41) is 11.3. The molecule has 1 fully saturated rings. The molecule has 1 amide bonds. The molecule has 1 N–H and O–H groups in total. The van der Waals surface area contributed by atoms with Crippen molar-refractivity contribution in [1.29, 1.82) is 0 Å². The number of hydrogen-bond acceptors (Lipinski definition) is 5. The maximum absolute atomic E-state index is 13.2. The number of likely N-dealkylation sites (N-methyl/N-ethyl adjacent to an activating group) is 1. The van der Waals surface area contributed by atoms with Crippen LogP contribution < -0.4 is 4.90 Å². The number of aliphatic hydroxyl groups excluding tert-OH is 1. The van der Waals surface area contributed by atoms with Gasteiger partial charge in [0, 0.05) is 38.4 Å². The van der Waals surface area contributed by atoms with Crippen molar-refractivity contribution in [3.05, 3.63) is 70.3 Å². The standard InChI is InChI=1S/C27H35N3O3/c1-7-29(8-2)15-16-30-24(20-11-13-21(14-12-20)28(5)6)23(26(32)27(30)33)25(31)22-17-18(3)9-10-19(22)4/h9-14,17,24,31H,7-8,15-16H2,1-6H3/b25-23+. The maximum atomic E-state index is 13.2. The lowest BCUT2D eigenvalue weighted by atomic mass is 9.93. The van der Waals surface area contributed by atoms with E-state index in [1.807, 2.05) is 75.3 Å². The highest BCUT2D eigenvalue weighted by Gasteiger charge is 2.46. The molecule has 1 aliphatic rings. The van der Waals surface area contributed by atoms with Crippen LogP contribution in [0, 0.1) is 13.8 Å². The third-order valence-electron chi connectivity index (χ3n) is 6.46. The first-order valence-electron chi connectivity index (χ1n) is 11.5. The van der Waals surface area contributed by atoms with E-state index in [-0.39, 0.29) is 11.3 Å². The number of anilines is 1. The predicted octanol–water partition coefficient (Wildman–Crippen LogP) is 4.13. The number of nitrogens with zero attached hydrogens (tertiary/aromatic N) is 3. The first-order valence-corrected chi connectivity index (χ1v) is 11.5. The summed E-state index contributed by atoms with van der Waals surface area (Å²) in [6.45, 7) is 10.8. The van der Waals surface area contributed by atoms with Gasteiger partial charge in [-0.05, 0) is 56.3 Å². The lowest BCUT2D eigenvalue weighted by molar-refractivity contribution is -0.140. The Labute approximate surface area is 197 Å². The Bertz CT molecular complexity index is 1050. The van der Waals surface area contributed by atoms with E-state index in [9.17, 15) is 14.7 Å². The zero-order chi connectivity index (χ0) is 24.3. The zero-order valence-corrected chi connectivity index (χ0v) is 20.6. The second-order valence-electron chi connectivity index (χ2n) is 8.82. The second kappa shape index (κ2) is 10.2. The SMILES string of the molecule is CCN(CC)CCN1C(=O)C(=O)/C(=C(/O)c2cc(C)ccc2C)C1c1ccc(N(C)C)cc1. The van der Waals surface area contributed by atoms with Crippen LogP contribution in [-0.4, -0.2) is 66.9 Å². The van der Waals surface area contributed by atoms with Gasteiger partial charge < -0.3 is 19.8 Å². The van der Waals surface area contributed by atoms with E-state index in [1.54, 1.807) is 4.90 Å². The summed E-state index contributed by atoms with van der Waals surface area (Å²) in [4.78, 5) is 32.2. The maximum Gasteiger partial charge on any atom is 0.295 e. The molecule has 0 spiro atoms. The smallest absolute Gasteiger partial charge is 0.295 e. The number of carbonyl (C=O) groups is 2. The summed E-state index contributed by atoms with van der Waals surface area (Å²) in [7, 11) is 3.93. The minimum atomic E-state index is -0.630. The molecule has 2 aromatic carbocycles. The van der Waals surface area contributed by atoms with Crippen LogP contribution in [0.15, 0.2) is 48.0 Å². The fourth-order valence-corrected chi connectivity index (χ4v) is 4.34. The number of hydrogen-bond donors (Lipinski definition) is 1. The topological polar surface area (TPSA) is 64.1 Å². The summed E-state index contributed by atoms with van der Waals surface area (Å²) in [5.74, 6) is -1.30. The molecule has 1 unspecified atom stereocenters. The molecule has 1 saturated heterocycles. The van der Waals surface area contributed by atoms with E-state index in [0.29, 0.717) is 18.7 Å². The van der Waals surface area contributed by atoms with Crippen molar-refractivity contribution in [2.45, 2.75) is 33.7 Å². The number of benzene rings is 2. The highest BCUT2D eigenvalue weighted by atomic mass is 16.3. The second-order valence-corrected chi connectivity index (χ2v) is 8.82. The van der Waals surface area contributed by atoms with Gasteiger partial charge in [-0.1, -0.05) is 43.7 Å². The Morgan fingerprint density at radius 3 is 2.21 bits per heavy atom. The molecule has 0 saturated carbocycles. The van der Waals surface area contributed by atoms with Crippen molar-refractivity contribution < 1.29 is 14.7 Å². The number of aliphatic hydroxyl groups is 1. The monoisotopic (exact) mass is 449 g/mol. The number of Topliss-reactive ketones (excluding diaryl/α,β-unsaturated/α-hetero) is 1. The predicted molar refractivity (Wildman–Crippen MR) is 133 cm³/mol. The quantitative estimate of drug-likeness (QED) is 0.373. The molecule has 6 heteroatoms. The lowest BCUT2D eigenvalue weighted by Crippen LogP contribution is -2.38. The van der Waals surface area contributed by atoms with E-state index >= 15 is 0 Å². The first kappa shape index (κ1) is 24.5. The highest BCUT2D eigenvalue weighted by molar-refractivity contribution is 6.46. The van der Waals surface area contributed by atoms with E-state index in [2.05, 4.69) is 18.7 Å². The molecule has 0 aliphatic carbocycles. The summed E-state index contributed by atoms with van der Waals surface area (Å²) >= 11 is 0.